The smallest absolute Gasteiger partial charge is 0.151 e. The average Bonchev–Trinajstić information content (AvgIpc) is 3.02. The first-order valence-corrected chi connectivity index (χ1v) is 10.4. The molecule has 28 heavy (non-hydrogen) atoms. The molecule has 0 spiro atoms. The number of hydrogen-bond acceptors (Lipinski definition) is 5. The Kier molecular flexibility index (Phi) is 7.59. The Hall–Kier alpha value is -0.890. The molecule has 1 atom stereocenters. The van der Waals surface area contributed by atoms with Crippen LogP contribution in [0.5, 0.6) is 0 Å². The predicted octanol–water partition coefficient (Wildman–Crippen LogP) is 3.59. The summed E-state index contributed by atoms with van der Waals surface area (Å²) in [6.07, 6.45) is 3.72. The van der Waals surface area contributed by atoms with E-state index in [-0.39, 0.29) is 31.2 Å². The molecule has 0 radical (unpaired) electrons. The lowest BCUT2D eigenvalue weighted by molar-refractivity contribution is -0.0444. The van der Waals surface area contributed by atoms with E-state index in [1.165, 1.54) is 0 Å². The highest BCUT2D eigenvalue weighted by molar-refractivity contribution is 6.30. The topological polar surface area (TPSA) is 72.2 Å². The lowest BCUT2D eigenvalue weighted by Gasteiger charge is -2.30. The molecule has 2 heterocycles. The van der Waals surface area contributed by atoms with Gasteiger partial charge in [0.15, 0.2) is 5.82 Å². The number of rotatable bonds is 5. The van der Waals surface area contributed by atoms with Gasteiger partial charge >= 0.3 is 0 Å². The van der Waals surface area contributed by atoms with Crippen LogP contribution in [0.25, 0.3) is 5.69 Å². The fraction of sp³-hybridized carbons (Fsp3) is 0.579. The first-order chi connectivity index (χ1) is 13.2. The Morgan fingerprint density at radius 3 is 2.71 bits per heavy atom. The molecule has 1 fully saturated rings. The molecule has 0 bridgehead atoms. The number of nitrogens with one attached hydrogen (secondary N) is 1. The summed E-state index contributed by atoms with van der Waals surface area (Å²) in [5, 5.41) is 22.4. The van der Waals surface area contributed by atoms with E-state index in [1.807, 2.05) is 12.1 Å². The van der Waals surface area contributed by atoms with Crippen molar-refractivity contribution in [3.63, 3.8) is 0 Å². The van der Waals surface area contributed by atoms with Crippen LogP contribution in [0, 0.1) is 0 Å². The largest absolute Gasteiger partial charge is 0.394 e. The zero-order chi connectivity index (χ0) is 18.8. The van der Waals surface area contributed by atoms with Crippen molar-refractivity contribution in [3.8, 4) is 5.69 Å². The van der Waals surface area contributed by atoms with Crippen LogP contribution in [-0.2, 0) is 17.8 Å². The molecule has 4 rings (SSSR count). The maximum atomic E-state index is 9.28. The number of aromatic nitrogens is 3. The van der Waals surface area contributed by atoms with Gasteiger partial charge in [-0.05, 0) is 49.4 Å². The zero-order valence-electron chi connectivity index (χ0n) is 15.5. The second-order valence-electron chi connectivity index (χ2n) is 7.26. The van der Waals surface area contributed by atoms with Crippen LogP contribution in [0.3, 0.4) is 0 Å². The lowest BCUT2D eigenvalue weighted by Crippen LogP contribution is -2.30. The molecule has 9 heteroatoms. The van der Waals surface area contributed by atoms with Crippen molar-refractivity contribution in [2.75, 3.05) is 12.5 Å². The summed E-state index contributed by atoms with van der Waals surface area (Å²) in [5.74, 6) is 2.62. The third kappa shape index (κ3) is 4.48. The maximum Gasteiger partial charge on any atom is 0.151 e. The molecule has 2 aromatic rings. The maximum absolute atomic E-state index is 9.28. The van der Waals surface area contributed by atoms with Crippen LogP contribution in [0.4, 0.5) is 0 Å². The van der Waals surface area contributed by atoms with Crippen molar-refractivity contribution in [2.45, 2.75) is 56.9 Å². The van der Waals surface area contributed by atoms with Crippen LogP contribution in [0.15, 0.2) is 18.2 Å². The van der Waals surface area contributed by atoms with Gasteiger partial charge in [-0.25, -0.2) is 0 Å². The Morgan fingerprint density at radius 2 is 2.00 bits per heavy atom. The van der Waals surface area contributed by atoms with Crippen LogP contribution < -0.4 is 5.32 Å². The predicted molar refractivity (Wildman–Crippen MR) is 112 cm³/mol. The minimum Gasteiger partial charge on any atom is -0.394 e. The third-order valence-electron chi connectivity index (χ3n) is 5.44. The van der Waals surface area contributed by atoms with Gasteiger partial charge in [-0.3, -0.25) is 4.57 Å². The molecule has 0 amide bonds. The fourth-order valence-electron chi connectivity index (χ4n) is 4.05. The summed E-state index contributed by atoms with van der Waals surface area (Å²) in [7, 11) is 0. The fourth-order valence-corrected chi connectivity index (χ4v) is 4.42. The normalized spacial score (nSPS) is 22.5. The summed E-state index contributed by atoms with van der Waals surface area (Å²) in [5.41, 5.74) is 2.27. The van der Waals surface area contributed by atoms with Gasteiger partial charge in [-0.15, -0.1) is 34.2 Å². The molecule has 1 unspecified atom stereocenters. The van der Waals surface area contributed by atoms with E-state index >= 15 is 0 Å². The molecule has 6 nitrogen and oxygen atoms in total. The Morgan fingerprint density at radius 1 is 1.21 bits per heavy atom. The highest BCUT2D eigenvalue weighted by Gasteiger charge is 2.30. The molecule has 2 aliphatic rings. The molecule has 2 N–H and O–H groups in total. The molecule has 1 aromatic heterocycles. The summed E-state index contributed by atoms with van der Waals surface area (Å²) in [6.45, 7) is 1.42. The van der Waals surface area contributed by atoms with E-state index in [4.69, 9.17) is 27.9 Å². The first kappa shape index (κ1) is 21.8. The second-order valence-corrected chi connectivity index (χ2v) is 8.00. The second kappa shape index (κ2) is 9.74. The minimum atomic E-state index is -0.278. The van der Waals surface area contributed by atoms with E-state index in [2.05, 4.69) is 26.1 Å². The molecule has 154 valence electrons. The Labute approximate surface area is 181 Å². The number of fused-ring (bicyclic) bond motifs is 3. The van der Waals surface area contributed by atoms with Gasteiger partial charge in [-0.1, -0.05) is 11.6 Å². The summed E-state index contributed by atoms with van der Waals surface area (Å²) >= 11 is 12.0. The quantitative estimate of drug-likeness (QED) is 0.685. The molecule has 1 saturated carbocycles. The number of nitrogens with zero attached hydrogens (tertiary/aromatic N) is 3. The number of hydrogen-bond donors (Lipinski definition) is 2. The van der Waals surface area contributed by atoms with E-state index in [9.17, 15) is 5.11 Å². The van der Waals surface area contributed by atoms with Crippen molar-refractivity contribution >= 4 is 35.6 Å². The van der Waals surface area contributed by atoms with Gasteiger partial charge < -0.3 is 15.2 Å². The van der Waals surface area contributed by atoms with E-state index in [0.29, 0.717) is 18.3 Å². The highest BCUT2D eigenvalue weighted by Crippen LogP contribution is 2.36. The van der Waals surface area contributed by atoms with Gasteiger partial charge in [0.2, 0.25) is 0 Å². The number of benzene rings is 1. The average molecular weight is 448 g/mol. The van der Waals surface area contributed by atoms with Crippen LogP contribution in [0.1, 0.15) is 48.8 Å². The van der Waals surface area contributed by atoms with Gasteiger partial charge in [0.25, 0.3) is 0 Å². The van der Waals surface area contributed by atoms with Crippen molar-refractivity contribution in [1.29, 1.82) is 0 Å². The van der Waals surface area contributed by atoms with Gasteiger partial charge in [0.05, 0.1) is 36.9 Å². The molecular weight excluding hydrogens is 423 g/mol. The molecule has 1 aliphatic carbocycles. The third-order valence-corrected chi connectivity index (χ3v) is 6.02. The number of aliphatic hydroxyl groups is 1. The monoisotopic (exact) mass is 446 g/mol. The molecule has 0 saturated heterocycles. The van der Waals surface area contributed by atoms with Gasteiger partial charge in [0, 0.05) is 17.5 Å². The Bertz CT molecular complexity index is 789. The van der Waals surface area contributed by atoms with Crippen LogP contribution in [-0.4, -0.2) is 44.6 Å². The summed E-state index contributed by atoms with van der Waals surface area (Å²) < 4.78 is 8.11. The lowest BCUT2D eigenvalue weighted by atomic mass is 9.86. The van der Waals surface area contributed by atoms with Crippen LogP contribution >= 0.6 is 35.6 Å². The minimum absolute atomic E-state index is 0. The van der Waals surface area contributed by atoms with E-state index in [0.717, 1.165) is 60.2 Å². The standard InChI is InChI=1S/C19H24Cl2N4O2.ClH/c20-8-16(11-26)27-15-4-1-12(2-5-15)19-24-23-18-10-22-9-13-7-14(21)3-6-17(13)25(18)19;/h3,6-7,12,15-16,22,26H,1-2,4-5,8-11H2;1H/t12-,15-,16?;. The first-order valence-electron chi connectivity index (χ1n) is 9.45. The molecule has 1 aromatic carbocycles. The van der Waals surface area contributed by atoms with Crippen LogP contribution in [0.2, 0.25) is 5.02 Å². The van der Waals surface area contributed by atoms with Crippen molar-refractivity contribution < 1.29 is 9.84 Å². The molecular formula is C19H25Cl3N4O2. The van der Waals surface area contributed by atoms with Gasteiger partial charge in [-0.2, -0.15) is 0 Å². The number of aliphatic hydroxyl groups excluding tert-OH is 1. The van der Waals surface area contributed by atoms with Gasteiger partial charge in [0.1, 0.15) is 5.82 Å². The SMILES string of the molecule is Cl.OCC(CCl)O[C@H]1CC[C@H](c2nnc3n2-c2ccc(Cl)cc2CNC3)CC1. The van der Waals surface area contributed by atoms with E-state index < -0.39 is 0 Å². The van der Waals surface area contributed by atoms with E-state index in [1.54, 1.807) is 0 Å². The van der Waals surface area contributed by atoms with Crippen molar-refractivity contribution in [2.24, 2.45) is 0 Å². The number of ether oxygens (including phenoxy) is 1. The number of halogens is 3. The number of alkyl halides is 1. The summed E-state index contributed by atoms with van der Waals surface area (Å²) in [6, 6.07) is 5.99. The summed E-state index contributed by atoms with van der Waals surface area (Å²) in [4.78, 5) is 0. The zero-order valence-corrected chi connectivity index (χ0v) is 17.8. The van der Waals surface area contributed by atoms with Crippen molar-refractivity contribution in [3.05, 3.63) is 40.4 Å². The highest BCUT2D eigenvalue weighted by atomic mass is 35.5. The molecule has 1 aliphatic heterocycles. The Balaban J connectivity index is 0.00000225. The van der Waals surface area contributed by atoms with Crippen molar-refractivity contribution in [1.82, 2.24) is 20.1 Å².